The first-order chi connectivity index (χ1) is 8.38. The van der Waals surface area contributed by atoms with Crippen LogP contribution in [0.5, 0.6) is 5.75 Å². The number of hydrogen-bond donors (Lipinski definition) is 0. The normalized spacial score (nSPS) is 26.9. The molecule has 0 saturated heterocycles. The molecule has 0 amide bonds. The van der Waals surface area contributed by atoms with Gasteiger partial charge in [-0.25, -0.2) is 0 Å². The Bertz CT molecular complexity index is 472. The van der Waals surface area contributed by atoms with Gasteiger partial charge in [-0.2, -0.15) is 0 Å². The van der Waals surface area contributed by atoms with E-state index in [9.17, 15) is 4.79 Å². The van der Waals surface area contributed by atoms with Crippen molar-refractivity contribution in [3.05, 3.63) is 28.3 Å². The van der Waals surface area contributed by atoms with Gasteiger partial charge in [-0.3, -0.25) is 4.79 Å². The summed E-state index contributed by atoms with van der Waals surface area (Å²) in [5, 5.41) is 0.722. The first kappa shape index (κ1) is 13.4. The van der Waals surface area contributed by atoms with Crippen LogP contribution in [0.4, 0.5) is 0 Å². The van der Waals surface area contributed by atoms with Crippen molar-refractivity contribution in [1.29, 1.82) is 0 Å². The number of rotatable bonds is 3. The molecule has 98 valence electrons. The molecule has 2 nitrogen and oxygen atoms in total. The van der Waals surface area contributed by atoms with Crippen molar-refractivity contribution in [3.8, 4) is 5.75 Å². The largest absolute Gasteiger partial charge is 0.488 e. The average Bonchev–Trinajstić information content (AvgIpc) is 2.30. The number of ether oxygens (including phenoxy) is 1. The van der Waals surface area contributed by atoms with Crippen LogP contribution in [0.1, 0.15) is 37.8 Å². The number of carbonyl (C=O) groups excluding carboxylic acids is 1. The first-order valence-corrected chi connectivity index (χ1v) is 6.73. The molecule has 0 spiro atoms. The van der Waals surface area contributed by atoms with E-state index in [1.807, 2.05) is 39.8 Å². The van der Waals surface area contributed by atoms with Crippen molar-refractivity contribution in [3.63, 3.8) is 0 Å². The molecule has 0 heterocycles. The maximum atomic E-state index is 11.7. The van der Waals surface area contributed by atoms with Gasteiger partial charge in [0, 0.05) is 11.4 Å². The van der Waals surface area contributed by atoms with Gasteiger partial charge in [0.05, 0.1) is 5.41 Å². The molecule has 18 heavy (non-hydrogen) atoms. The van der Waals surface area contributed by atoms with Crippen molar-refractivity contribution in [2.75, 3.05) is 0 Å². The van der Waals surface area contributed by atoms with Crippen LogP contribution >= 0.6 is 11.6 Å². The summed E-state index contributed by atoms with van der Waals surface area (Å²) in [5.74, 6) is 1.18. The van der Waals surface area contributed by atoms with Gasteiger partial charge in [0.1, 0.15) is 17.6 Å². The summed E-state index contributed by atoms with van der Waals surface area (Å²) >= 11 is 6.00. The highest BCUT2D eigenvalue weighted by Crippen LogP contribution is 2.43. The van der Waals surface area contributed by atoms with Gasteiger partial charge in [-0.05, 0) is 50.5 Å². The van der Waals surface area contributed by atoms with Crippen molar-refractivity contribution < 1.29 is 9.53 Å². The molecule has 1 aliphatic carbocycles. The zero-order chi connectivity index (χ0) is 13.5. The van der Waals surface area contributed by atoms with Crippen LogP contribution in [0.25, 0.3) is 0 Å². The lowest BCUT2D eigenvalue weighted by molar-refractivity contribution is -0.150. The quantitative estimate of drug-likeness (QED) is 0.824. The Morgan fingerprint density at radius 2 is 1.94 bits per heavy atom. The minimum absolute atomic E-state index is 0.00595. The number of benzene rings is 1. The maximum absolute atomic E-state index is 11.7. The van der Waals surface area contributed by atoms with Crippen LogP contribution in [-0.2, 0) is 4.79 Å². The van der Waals surface area contributed by atoms with Crippen molar-refractivity contribution in [2.24, 2.45) is 5.41 Å². The smallest absolute Gasteiger partial charge is 0.146 e. The lowest BCUT2D eigenvalue weighted by Gasteiger charge is -2.44. The van der Waals surface area contributed by atoms with Gasteiger partial charge in [0.2, 0.25) is 0 Å². The molecule has 2 atom stereocenters. The summed E-state index contributed by atoms with van der Waals surface area (Å²) in [6, 6.07) is 3.79. The van der Waals surface area contributed by atoms with Crippen LogP contribution in [0, 0.1) is 19.3 Å². The van der Waals surface area contributed by atoms with E-state index in [0.717, 1.165) is 28.3 Å². The summed E-state index contributed by atoms with van der Waals surface area (Å²) in [6.07, 6.45) is 1.34. The lowest BCUT2D eigenvalue weighted by atomic mass is 9.64. The van der Waals surface area contributed by atoms with Crippen LogP contribution in [0.3, 0.4) is 0 Å². The van der Waals surface area contributed by atoms with E-state index < -0.39 is 0 Å². The Balaban J connectivity index is 2.24. The van der Waals surface area contributed by atoms with Crippen LogP contribution < -0.4 is 4.74 Å². The Labute approximate surface area is 113 Å². The maximum Gasteiger partial charge on any atom is 0.146 e. The van der Waals surface area contributed by atoms with Crippen LogP contribution in [0.15, 0.2) is 12.1 Å². The highest BCUT2D eigenvalue weighted by atomic mass is 35.5. The number of Topliss-reactive ketones (excluding diaryl/α,β-unsaturated/α-hetero) is 1. The van der Waals surface area contributed by atoms with E-state index in [0.29, 0.717) is 12.2 Å². The topological polar surface area (TPSA) is 26.3 Å². The van der Waals surface area contributed by atoms with E-state index >= 15 is 0 Å². The molecule has 0 radical (unpaired) electrons. The molecule has 0 N–H and O–H groups in total. The van der Waals surface area contributed by atoms with E-state index in [2.05, 4.69) is 0 Å². The van der Waals surface area contributed by atoms with E-state index in [1.54, 1.807) is 0 Å². The fraction of sp³-hybridized carbons (Fsp3) is 0.533. The SMILES string of the molecule is CCC1(C)C(=O)CC1Oc1c(C)cc(Cl)cc1C. The number of aryl methyl sites for hydroxylation is 2. The molecule has 1 saturated carbocycles. The Kier molecular flexibility index (Phi) is 3.41. The third-order valence-corrected chi connectivity index (χ3v) is 4.36. The molecule has 1 aromatic rings. The summed E-state index contributed by atoms with van der Waals surface area (Å²) in [4.78, 5) is 11.7. The predicted molar refractivity (Wildman–Crippen MR) is 73.4 cm³/mol. The molecular formula is C15H19ClO2. The lowest BCUT2D eigenvalue weighted by Crippen LogP contribution is -2.54. The second-order valence-electron chi connectivity index (χ2n) is 5.37. The van der Waals surface area contributed by atoms with E-state index in [1.165, 1.54) is 0 Å². The third-order valence-electron chi connectivity index (χ3n) is 4.14. The molecule has 3 heteroatoms. The summed E-state index contributed by atoms with van der Waals surface area (Å²) in [7, 11) is 0. The minimum atomic E-state index is -0.321. The fourth-order valence-corrected chi connectivity index (χ4v) is 2.82. The molecule has 2 unspecified atom stereocenters. The molecule has 0 aliphatic heterocycles. The van der Waals surface area contributed by atoms with E-state index in [4.69, 9.17) is 16.3 Å². The predicted octanol–water partition coefficient (Wildman–Crippen LogP) is 4.09. The van der Waals surface area contributed by atoms with Gasteiger partial charge in [0.25, 0.3) is 0 Å². The molecule has 1 aliphatic rings. The fourth-order valence-electron chi connectivity index (χ4n) is 2.50. The number of halogens is 1. The number of hydrogen-bond acceptors (Lipinski definition) is 2. The van der Waals surface area contributed by atoms with Crippen molar-refractivity contribution >= 4 is 17.4 Å². The molecule has 0 aromatic heterocycles. The number of ketones is 1. The van der Waals surface area contributed by atoms with Gasteiger partial charge >= 0.3 is 0 Å². The van der Waals surface area contributed by atoms with Gasteiger partial charge in [0.15, 0.2) is 0 Å². The monoisotopic (exact) mass is 266 g/mol. The summed E-state index contributed by atoms with van der Waals surface area (Å²) in [5.41, 5.74) is 1.73. The molecule has 2 rings (SSSR count). The first-order valence-electron chi connectivity index (χ1n) is 6.35. The Morgan fingerprint density at radius 1 is 1.39 bits per heavy atom. The zero-order valence-electron chi connectivity index (χ0n) is 11.3. The van der Waals surface area contributed by atoms with Gasteiger partial charge in [-0.15, -0.1) is 0 Å². The van der Waals surface area contributed by atoms with Crippen molar-refractivity contribution in [2.45, 2.75) is 46.6 Å². The van der Waals surface area contributed by atoms with Crippen LogP contribution in [0.2, 0.25) is 5.02 Å². The van der Waals surface area contributed by atoms with Gasteiger partial charge < -0.3 is 4.74 Å². The summed E-state index contributed by atoms with van der Waals surface area (Å²) in [6.45, 7) is 8.00. The zero-order valence-corrected chi connectivity index (χ0v) is 12.1. The second-order valence-corrected chi connectivity index (χ2v) is 5.81. The highest BCUT2D eigenvalue weighted by molar-refractivity contribution is 6.30. The highest BCUT2D eigenvalue weighted by Gasteiger charge is 2.51. The van der Waals surface area contributed by atoms with Gasteiger partial charge in [-0.1, -0.05) is 18.5 Å². The Morgan fingerprint density at radius 3 is 2.39 bits per heavy atom. The Hall–Kier alpha value is -1.02. The number of carbonyl (C=O) groups is 1. The average molecular weight is 267 g/mol. The molecule has 0 bridgehead atoms. The third kappa shape index (κ3) is 2.03. The second kappa shape index (κ2) is 4.58. The standard InChI is InChI=1S/C15H19ClO2/c1-5-15(4)12(17)8-13(15)18-14-9(2)6-11(16)7-10(14)3/h6-7,13H,5,8H2,1-4H3. The van der Waals surface area contributed by atoms with Crippen molar-refractivity contribution in [1.82, 2.24) is 0 Å². The minimum Gasteiger partial charge on any atom is -0.488 e. The van der Waals surface area contributed by atoms with E-state index in [-0.39, 0.29) is 11.5 Å². The molecular weight excluding hydrogens is 248 g/mol. The molecule has 1 fully saturated rings. The molecule has 1 aromatic carbocycles. The summed E-state index contributed by atoms with van der Waals surface area (Å²) < 4.78 is 6.06. The van der Waals surface area contributed by atoms with Crippen LogP contribution in [-0.4, -0.2) is 11.9 Å².